The number of esters is 1. The maximum Gasteiger partial charge on any atom is 0.309 e. The average molecular weight is 338 g/mol. The molecule has 0 saturated heterocycles. The van der Waals surface area contributed by atoms with E-state index in [9.17, 15) is 9.59 Å². The summed E-state index contributed by atoms with van der Waals surface area (Å²) in [5, 5.41) is 3.14. The van der Waals surface area contributed by atoms with E-state index in [0.717, 1.165) is 44.4 Å². The number of rotatable bonds is 7. The molecule has 0 bridgehead atoms. The van der Waals surface area contributed by atoms with Crippen LogP contribution in [0, 0.1) is 23.7 Å². The summed E-state index contributed by atoms with van der Waals surface area (Å²) in [6.45, 7) is 2.88. The van der Waals surface area contributed by atoms with E-state index in [2.05, 4.69) is 12.2 Å². The van der Waals surface area contributed by atoms with Gasteiger partial charge in [-0.2, -0.15) is 0 Å². The molecular formula is C20H35NO3. The van der Waals surface area contributed by atoms with Crippen LogP contribution in [0.3, 0.4) is 0 Å². The summed E-state index contributed by atoms with van der Waals surface area (Å²) in [6, 6.07) is 0. The number of hydrogen-bond acceptors (Lipinski definition) is 3. The van der Waals surface area contributed by atoms with Gasteiger partial charge < -0.3 is 10.1 Å². The number of ether oxygens (including phenoxy) is 1. The smallest absolute Gasteiger partial charge is 0.309 e. The van der Waals surface area contributed by atoms with Gasteiger partial charge in [0.2, 0.25) is 5.91 Å². The summed E-state index contributed by atoms with van der Waals surface area (Å²) in [5.74, 6) is 1.33. The Kier molecular flexibility index (Phi) is 8.07. The Hall–Kier alpha value is -1.06. The number of hydrogen-bond donors (Lipinski definition) is 1. The van der Waals surface area contributed by atoms with E-state index >= 15 is 0 Å². The first-order valence-corrected chi connectivity index (χ1v) is 10.0. The van der Waals surface area contributed by atoms with Gasteiger partial charge in [0.15, 0.2) is 0 Å². The standard InChI is InChI=1S/C20H35NO3/c1-3-4-7-15-10-12-16(13-11-15)19(22)21-14-17-8-5-6-9-18(17)20(23)24-2/h15-18H,3-14H2,1-2H3,(H,21,22). The van der Waals surface area contributed by atoms with Crippen molar-refractivity contribution in [2.45, 2.75) is 77.6 Å². The number of carbonyl (C=O) groups is 2. The third-order valence-corrected chi connectivity index (χ3v) is 6.13. The molecule has 1 N–H and O–H groups in total. The molecule has 2 rings (SSSR count). The quantitative estimate of drug-likeness (QED) is 0.712. The first-order chi connectivity index (χ1) is 11.7. The molecule has 2 saturated carbocycles. The molecule has 0 heterocycles. The number of carbonyl (C=O) groups excluding carboxylic acids is 2. The lowest BCUT2D eigenvalue weighted by atomic mass is 9.78. The Balaban J connectivity index is 1.73. The van der Waals surface area contributed by atoms with Crippen LogP contribution in [0.1, 0.15) is 77.6 Å². The van der Waals surface area contributed by atoms with E-state index in [1.165, 1.54) is 39.2 Å². The van der Waals surface area contributed by atoms with Crippen LogP contribution in [0.15, 0.2) is 0 Å². The summed E-state index contributed by atoms with van der Waals surface area (Å²) in [4.78, 5) is 24.4. The molecule has 2 atom stereocenters. The van der Waals surface area contributed by atoms with Gasteiger partial charge in [-0.15, -0.1) is 0 Å². The highest BCUT2D eigenvalue weighted by Crippen LogP contribution is 2.33. The zero-order chi connectivity index (χ0) is 17.4. The first kappa shape index (κ1) is 19.3. The highest BCUT2D eigenvalue weighted by molar-refractivity contribution is 5.79. The molecule has 2 fully saturated rings. The van der Waals surface area contributed by atoms with E-state index in [0.29, 0.717) is 6.54 Å². The first-order valence-electron chi connectivity index (χ1n) is 10.0. The average Bonchev–Trinajstić information content (AvgIpc) is 2.64. The van der Waals surface area contributed by atoms with Gasteiger partial charge in [0.25, 0.3) is 0 Å². The molecule has 4 heteroatoms. The van der Waals surface area contributed by atoms with Crippen LogP contribution in [-0.2, 0) is 14.3 Å². The van der Waals surface area contributed by atoms with Gasteiger partial charge in [-0.3, -0.25) is 9.59 Å². The van der Waals surface area contributed by atoms with Crippen molar-refractivity contribution in [3.05, 3.63) is 0 Å². The molecule has 4 nitrogen and oxygen atoms in total. The molecule has 0 spiro atoms. The van der Waals surface area contributed by atoms with Gasteiger partial charge >= 0.3 is 5.97 Å². The van der Waals surface area contributed by atoms with Crippen LogP contribution >= 0.6 is 0 Å². The summed E-state index contributed by atoms with van der Waals surface area (Å²) < 4.78 is 4.94. The summed E-state index contributed by atoms with van der Waals surface area (Å²) in [6.07, 6.45) is 12.5. The summed E-state index contributed by atoms with van der Waals surface area (Å²) in [5.41, 5.74) is 0. The van der Waals surface area contributed by atoms with E-state index in [1.54, 1.807) is 0 Å². The zero-order valence-electron chi connectivity index (χ0n) is 15.5. The molecule has 24 heavy (non-hydrogen) atoms. The normalized spacial score (nSPS) is 30.6. The van der Waals surface area contributed by atoms with Gasteiger partial charge in [0, 0.05) is 12.5 Å². The lowest BCUT2D eigenvalue weighted by molar-refractivity contribution is -0.149. The van der Waals surface area contributed by atoms with E-state index < -0.39 is 0 Å². The minimum Gasteiger partial charge on any atom is -0.469 e. The third kappa shape index (κ3) is 5.49. The lowest BCUT2D eigenvalue weighted by Crippen LogP contribution is -2.40. The van der Waals surface area contributed by atoms with Gasteiger partial charge in [-0.25, -0.2) is 0 Å². The second-order valence-electron chi connectivity index (χ2n) is 7.78. The highest BCUT2D eigenvalue weighted by Gasteiger charge is 2.33. The SMILES string of the molecule is CCCCC1CCC(C(=O)NCC2CCCCC2C(=O)OC)CC1. The molecule has 138 valence electrons. The minimum atomic E-state index is -0.106. The summed E-state index contributed by atoms with van der Waals surface area (Å²) >= 11 is 0. The number of amides is 1. The molecule has 2 unspecified atom stereocenters. The molecule has 0 aromatic heterocycles. The minimum absolute atomic E-state index is 0.0335. The molecule has 2 aliphatic rings. The van der Waals surface area contributed by atoms with Gasteiger partial charge in [-0.05, 0) is 50.4 Å². The van der Waals surface area contributed by atoms with Crippen LogP contribution in [0.25, 0.3) is 0 Å². The molecular weight excluding hydrogens is 302 g/mol. The molecule has 0 radical (unpaired) electrons. The maximum atomic E-state index is 12.5. The fraction of sp³-hybridized carbons (Fsp3) is 0.900. The van der Waals surface area contributed by atoms with Crippen molar-refractivity contribution < 1.29 is 14.3 Å². The van der Waals surface area contributed by atoms with Crippen molar-refractivity contribution in [2.24, 2.45) is 23.7 Å². The van der Waals surface area contributed by atoms with Crippen LogP contribution < -0.4 is 5.32 Å². The fourth-order valence-corrected chi connectivity index (χ4v) is 4.50. The Morgan fingerprint density at radius 1 is 1.04 bits per heavy atom. The molecule has 0 aromatic carbocycles. The second kappa shape index (κ2) is 10.0. The summed E-state index contributed by atoms with van der Waals surface area (Å²) in [7, 11) is 1.46. The largest absolute Gasteiger partial charge is 0.469 e. The Morgan fingerprint density at radius 2 is 1.75 bits per heavy atom. The van der Waals surface area contributed by atoms with Crippen LogP contribution in [0.2, 0.25) is 0 Å². The van der Waals surface area contributed by atoms with Crippen LogP contribution in [0.5, 0.6) is 0 Å². The van der Waals surface area contributed by atoms with E-state index in [4.69, 9.17) is 4.74 Å². The van der Waals surface area contributed by atoms with Crippen molar-refractivity contribution in [1.82, 2.24) is 5.32 Å². The van der Waals surface area contributed by atoms with Gasteiger partial charge in [0.1, 0.15) is 0 Å². The van der Waals surface area contributed by atoms with E-state index in [-0.39, 0.29) is 29.6 Å². The van der Waals surface area contributed by atoms with Crippen molar-refractivity contribution in [3.8, 4) is 0 Å². The van der Waals surface area contributed by atoms with Crippen molar-refractivity contribution in [1.29, 1.82) is 0 Å². The molecule has 1 amide bonds. The number of methoxy groups -OCH3 is 1. The van der Waals surface area contributed by atoms with Gasteiger partial charge in [-0.1, -0.05) is 39.0 Å². The molecule has 0 aliphatic heterocycles. The third-order valence-electron chi connectivity index (χ3n) is 6.13. The highest BCUT2D eigenvalue weighted by atomic mass is 16.5. The second-order valence-corrected chi connectivity index (χ2v) is 7.78. The van der Waals surface area contributed by atoms with Crippen LogP contribution in [0.4, 0.5) is 0 Å². The fourth-order valence-electron chi connectivity index (χ4n) is 4.50. The topological polar surface area (TPSA) is 55.4 Å². The Morgan fingerprint density at radius 3 is 2.42 bits per heavy atom. The Bertz CT molecular complexity index is 402. The van der Waals surface area contributed by atoms with Crippen molar-refractivity contribution in [2.75, 3.05) is 13.7 Å². The maximum absolute atomic E-state index is 12.5. The van der Waals surface area contributed by atoms with E-state index in [1.807, 2.05) is 0 Å². The molecule has 2 aliphatic carbocycles. The number of nitrogens with one attached hydrogen (secondary N) is 1. The van der Waals surface area contributed by atoms with Crippen molar-refractivity contribution in [3.63, 3.8) is 0 Å². The Labute approximate surface area is 147 Å². The van der Waals surface area contributed by atoms with Gasteiger partial charge in [0.05, 0.1) is 13.0 Å². The lowest BCUT2D eigenvalue weighted by Gasteiger charge is -2.31. The predicted molar refractivity (Wildman–Crippen MR) is 95.4 cm³/mol. The zero-order valence-corrected chi connectivity index (χ0v) is 15.5. The molecule has 0 aromatic rings. The number of unbranched alkanes of at least 4 members (excludes halogenated alkanes) is 1. The van der Waals surface area contributed by atoms with Crippen LogP contribution in [-0.4, -0.2) is 25.5 Å². The van der Waals surface area contributed by atoms with Crippen molar-refractivity contribution >= 4 is 11.9 Å². The monoisotopic (exact) mass is 337 g/mol. The predicted octanol–water partition coefficient (Wildman–Crippen LogP) is 4.08.